The molecule has 0 aliphatic rings. The zero-order chi connectivity index (χ0) is 19.5. The normalized spacial score (nSPS) is 12.6. The highest BCUT2D eigenvalue weighted by molar-refractivity contribution is 9.10. The molecule has 5 nitrogen and oxygen atoms in total. The van der Waals surface area contributed by atoms with Crippen LogP contribution in [0, 0.1) is 0 Å². The fourth-order valence-corrected chi connectivity index (χ4v) is 3.54. The summed E-state index contributed by atoms with van der Waals surface area (Å²) in [7, 11) is 0.303. The van der Waals surface area contributed by atoms with Crippen LogP contribution in [0.5, 0.6) is 0 Å². The van der Waals surface area contributed by atoms with Gasteiger partial charge in [0.15, 0.2) is 8.32 Å². The Morgan fingerprint density at radius 2 is 1.60 bits per heavy atom. The van der Waals surface area contributed by atoms with Crippen molar-refractivity contribution in [1.82, 2.24) is 0 Å². The average molecular weight is 431 g/mol. The third-order valence-electron chi connectivity index (χ3n) is 4.84. The molecule has 0 spiro atoms. The number of carbonyl (C=O) groups is 2. The summed E-state index contributed by atoms with van der Waals surface area (Å²) in [6, 6.07) is 6.99. The quantitative estimate of drug-likeness (QED) is 0.386. The summed E-state index contributed by atoms with van der Waals surface area (Å²) in [6.07, 6.45) is 0. The zero-order valence-corrected chi connectivity index (χ0v) is 18.5. The fourth-order valence-electron chi connectivity index (χ4n) is 2.13. The van der Waals surface area contributed by atoms with Crippen LogP contribution in [0.15, 0.2) is 28.7 Å². The van der Waals surface area contributed by atoms with E-state index in [1.807, 2.05) is 6.07 Å². The number of esters is 2. The van der Waals surface area contributed by atoms with Gasteiger partial charge in [-0.2, -0.15) is 0 Å². The summed E-state index contributed by atoms with van der Waals surface area (Å²) < 4.78 is 16.9. The lowest BCUT2D eigenvalue weighted by atomic mass is 9.81. The number of hydrogen-bond acceptors (Lipinski definition) is 5. The summed E-state index contributed by atoms with van der Waals surface area (Å²) in [5, 5.41) is -0.0672. The Balaban J connectivity index is 3.46. The van der Waals surface area contributed by atoms with Gasteiger partial charge in [0.1, 0.15) is 0 Å². The smallest absolute Gasteiger partial charge is 0.330 e. The molecular formula is C18H27BrO5Si. The van der Waals surface area contributed by atoms with Gasteiger partial charge in [-0.1, -0.05) is 48.8 Å². The van der Waals surface area contributed by atoms with Crippen LogP contribution in [0.1, 0.15) is 26.3 Å². The molecule has 0 radical (unpaired) electrons. The number of carbonyl (C=O) groups excluding carboxylic acids is 2. The summed E-state index contributed by atoms with van der Waals surface area (Å²) in [5.74, 6) is -1.40. The number of hydrogen-bond donors (Lipinski definition) is 0. The van der Waals surface area contributed by atoms with Crippen molar-refractivity contribution in [1.29, 1.82) is 0 Å². The van der Waals surface area contributed by atoms with Crippen LogP contribution in [0.3, 0.4) is 0 Å². The van der Waals surface area contributed by atoms with E-state index in [0.29, 0.717) is 5.56 Å². The Labute approximate surface area is 159 Å². The molecule has 0 atom stereocenters. The molecule has 0 saturated carbocycles. The molecule has 0 amide bonds. The Kier molecular flexibility index (Phi) is 7.01. The third kappa shape index (κ3) is 4.51. The highest BCUT2D eigenvalue weighted by Crippen LogP contribution is 2.39. The molecule has 0 bridgehead atoms. The highest BCUT2D eigenvalue weighted by Gasteiger charge is 2.52. The highest BCUT2D eigenvalue weighted by atomic mass is 79.9. The van der Waals surface area contributed by atoms with Crippen LogP contribution in [-0.2, 0) is 28.9 Å². The van der Waals surface area contributed by atoms with Crippen LogP contribution in [-0.4, -0.2) is 41.1 Å². The van der Waals surface area contributed by atoms with E-state index in [4.69, 9.17) is 13.9 Å². The minimum atomic E-state index is -2.21. The first-order chi connectivity index (χ1) is 11.4. The van der Waals surface area contributed by atoms with Crippen molar-refractivity contribution in [2.24, 2.45) is 0 Å². The second-order valence-corrected chi connectivity index (χ2v) is 13.2. The van der Waals surface area contributed by atoms with Crippen LogP contribution >= 0.6 is 15.9 Å². The number of halogens is 1. The van der Waals surface area contributed by atoms with Gasteiger partial charge in [0.25, 0.3) is 0 Å². The van der Waals surface area contributed by atoms with E-state index in [2.05, 4.69) is 49.8 Å². The Hall–Kier alpha value is -1.18. The molecule has 7 heteroatoms. The second-order valence-electron chi connectivity index (χ2n) is 7.45. The molecule has 1 rings (SSSR count). The van der Waals surface area contributed by atoms with Gasteiger partial charge in [0.05, 0.1) is 20.8 Å². The van der Waals surface area contributed by atoms with Gasteiger partial charge >= 0.3 is 11.9 Å². The first kappa shape index (κ1) is 21.9. The van der Waals surface area contributed by atoms with E-state index in [-0.39, 0.29) is 11.6 Å². The zero-order valence-electron chi connectivity index (χ0n) is 15.9. The van der Waals surface area contributed by atoms with Gasteiger partial charge in [-0.15, -0.1) is 0 Å². The van der Waals surface area contributed by atoms with Crippen molar-refractivity contribution >= 4 is 36.2 Å². The molecule has 1 aromatic carbocycles. The van der Waals surface area contributed by atoms with E-state index in [9.17, 15) is 9.59 Å². The Morgan fingerprint density at radius 1 is 1.08 bits per heavy atom. The van der Waals surface area contributed by atoms with Crippen LogP contribution in [0.4, 0.5) is 0 Å². The largest absolute Gasteiger partial charge is 0.468 e. The summed E-state index contributed by atoms with van der Waals surface area (Å²) in [5.41, 5.74) is -1.19. The number of benzene rings is 1. The lowest BCUT2D eigenvalue weighted by molar-refractivity contribution is -0.164. The lowest BCUT2D eigenvalue weighted by Gasteiger charge is -2.39. The molecule has 0 aliphatic heterocycles. The van der Waals surface area contributed by atoms with Gasteiger partial charge < -0.3 is 13.9 Å². The maximum absolute atomic E-state index is 12.7. The van der Waals surface area contributed by atoms with Crippen LogP contribution in [0.2, 0.25) is 18.1 Å². The Morgan fingerprint density at radius 3 is 2.00 bits per heavy atom. The second kappa shape index (κ2) is 8.01. The molecule has 0 heterocycles. The van der Waals surface area contributed by atoms with Crippen molar-refractivity contribution in [3.63, 3.8) is 0 Å². The maximum Gasteiger partial charge on any atom is 0.330 e. The molecule has 0 saturated heterocycles. The fraction of sp³-hybridized carbons (Fsp3) is 0.556. The molecule has 140 valence electrons. The number of rotatable bonds is 6. The van der Waals surface area contributed by atoms with Gasteiger partial charge in [0.2, 0.25) is 5.41 Å². The standard InChI is InChI=1S/C18H27BrO5Si/c1-17(2,3)25(6,7)24-12-18(15(20)22-4,16(21)23-5)13-9-8-10-14(19)11-13/h8-11H,12H2,1-7H3. The molecule has 0 N–H and O–H groups in total. The third-order valence-corrected chi connectivity index (χ3v) is 9.81. The average Bonchev–Trinajstić information content (AvgIpc) is 2.53. The molecule has 0 aliphatic carbocycles. The topological polar surface area (TPSA) is 61.8 Å². The van der Waals surface area contributed by atoms with Crippen molar-refractivity contribution < 1.29 is 23.5 Å². The number of methoxy groups -OCH3 is 2. The maximum atomic E-state index is 12.7. The molecule has 0 aromatic heterocycles. The van der Waals surface area contributed by atoms with Crippen molar-refractivity contribution in [2.75, 3.05) is 20.8 Å². The summed E-state index contributed by atoms with van der Waals surface area (Å²) >= 11 is 3.38. The predicted molar refractivity (Wildman–Crippen MR) is 103 cm³/mol. The van der Waals surface area contributed by atoms with Gasteiger partial charge in [-0.05, 0) is 35.8 Å². The van der Waals surface area contributed by atoms with Crippen molar-refractivity contribution in [3.05, 3.63) is 34.3 Å². The monoisotopic (exact) mass is 430 g/mol. The van der Waals surface area contributed by atoms with Crippen molar-refractivity contribution in [2.45, 2.75) is 44.3 Å². The molecule has 1 aromatic rings. The van der Waals surface area contributed by atoms with E-state index >= 15 is 0 Å². The van der Waals surface area contributed by atoms with Gasteiger partial charge in [-0.3, -0.25) is 9.59 Å². The SMILES string of the molecule is COC(=O)C(CO[Si](C)(C)C(C)(C)C)(C(=O)OC)c1cccc(Br)c1. The van der Waals surface area contributed by atoms with Crippen LogP contribution in [0.25, 0.3) is 0 Å². The lowest BCUT2D eigenvalue weighted by Crippen LogP contribution is -2.53. The first-order valence-corrected chi connectivity index (χ1v) is 11.7. The summed E-state index contributed by atoms with van der Waals surface area (Å²) in [4.78, 5) is 25.4. The molecule has 25 heavy (non-hydrogen) atoms. The predicted octanol–water partition coefficient (Wildman–Crippen LogP) is 4.05. The molecule has 0 unspecified atom stereocenters. The minimum absolute atomic E-state index is 0.0672. The molecular weight excluding hydrogens is 404 g/mol. The van der Waals surface area contributed by atoms with E-state index in [1.165, 1.54) is 14.2 Å². The first-order valence-electron chi connectivity index (χ1n) is 7.99. The Bertz CT molecular complexity index is 621. The van der Waals surface area contributed by atoms with E-state index in [0.717, 1.165) is 4.47 Å². The van der Waals surface area contributed by atoms with Crippen LogP contribution < -0.4 is 0 Å². The number of ether oxygens (including phenoxy) is 2. The van der Waals surface area contributed by atoms with Gasteiger partial charge in [-0.25, -0.2) is 0 Å². The van der Waals surface area contributed by atoms with E-state index < -0.39 is 25.7 Å². The minimum Gasteiger partial charge on any atom is -0.468 e. The molecule has 0 fully saturated rings. The van der Waals surface area contributed by atoms with E-state index in [1.54, 1.807) is 18.2 Å². The van der Waals surface area contributed by atoms with Crippen molar-refractivity contribution in [3.8, 4) is 0 Å². The summed E-state index contributed by atoms with van der Waals surface area (Å²) in [6.45, 7) is 10.3. The van der Waals surface area contributed by atoms with Gasteiger partial charge in [0, 0.05) is 4.47 Å².